The lowest BCUT2D eigenvalue weighted by Crippen LogP contribution is -2.25. The van der Waals surface area contributed by atoms with E-state index < -0.39 is 0 Å². The lowest BCUT2D eigenvalue weighted by molar-refractivity contribution is -0.140. The number of aromatic nitrogens is 2. The van der Waals surface area contributed by atoms with Gasteiger partial charge in [0.15, 0.2) is 0 Å². The zero-order valence-electron chi connectivity index (χ0n) is 12.7. The number of hydrogen-bond acceptors (Lipinski definition) is 4. The molecule has 0 aliphatic heterocycles. The molecule has 0 spiro atoms. The Hall–Kier alpha value is -1.85. The van der Waals surface area contributed by atoms with Crippen molar-refractivity contribution in [3.05, 3.63) is 17.0 Å². The van der Waals surface area contributed by atoms with Crippen molar-refractivity contribution in [3.8, 4) is 0 Å². The molecule has 0 aliphatic carbocycles. The van der Waals surface area contributed by atoms with Crippen molar-refractivity contribution >= 4 is 11.9 Å². The van der Waals surface area contributed by atoms with Gasteiger partial charge in [0.25, 0.3) is 5.91 Å². The van der Waals surface area contributed by atoms with Gasteiger partial charge in [-0.2, -0.15) is 5.10 Å². The highest BCUT2D eigenvalue weighted by Gasteiger charge is 2.16. The lowest BCUT2D eigenvalue weighted by atomic mass is 10.1. The maximum absolute atomic E-state index is 12.0. The molecule has 1 N–H and O–H groups in total. The van der Waals surface area contributed by atoms with Crippen molar-refractivity contribution in [3.63, 3.8) is 0 Å². The van der Waals surface area contributed by atoms with Crippen LogP contribution in [0.2, 0.25) is 0 Å². The van der Waals surface area contributed by atoms with E-state index in [1.807, 2.05) is 20.9 Å². The first-order valence-electron chi connectivity index (χ1n) is 6.82. The number of methoxy groups -OCH3 is 1. The molecule has 0 atom stereocenters. The van der Waals surface area contributed by atoms with Crippen molar-refractivity contribution in [2.24, 2.45) is 7.05 Å². The number of carbonyl (C=O) groups is 2. The van der Waals surface area contributed by atoms with Gasteiger partial charge in [-0.1, -0.05) is 6.42 Å². The van der Waals surface area contributed by atoms with Crippen molar-refractivity contribution in [1.29, 1.82) is 0 Å². The van der Waals surface area contributed by atoms with Gasteiger partial charge in [-0.15, -0.1) is 0 Å². The number of hydrogen-bond donors (Lipinski definition) is 1. The third kappa shape index (κ3) is 4.36. The predicted molar refractivity (Wildman–Crippen MR) is 75.5 cm³/mol. The molecule has 20 heavy (non-hydrogen) atoms. The van der Waals surface area contributed by atoms with Crippen LogP contribution < -0.4 is 5.32 Å². The Morgan fingerprint density at radius 3 is 2.50 bits per heavy atom. The average Bonchev–Trinajstić information content (AvgIpc) is 2.66. The fourth-order valence-corrected chi connectivity index (χ4v) is 2.07. The Balaban J connectivity index is 2.29. The minimum atomic E-state index is -0.185. The maximum atomic E-state index is 12.0. The molecule has 0 radical (unpaired) electrons. The monoisotopic (exact) mass is 281 g/mol. The second-order valence-electron chi connectivity index (χ2n) is 4.81. The molecule has 112 valence electrons. The fraction of sp³-hybridized carbons (Fsp3) is 0.643. The smallest absolute Gasteiger partial charge is 0.305 e. The van der Waals surface area contributed by atoms with Crippen LogP contribution in [0, 0.1) is 13.8 Å². The molecule has 1 aromatic rings. The number of ether oxygens (including phenoxy) is 1. The van der Waals surface area contributed by atoms with Crippen LogP contribution in [0.25, 0.3) is 0 Å². The Bertz CT molecular complexity index is 480. The number of esters is 1. The van der Waals surface area contributed by atoms with Crippen LogP contribution in [0.15, 0.2) is 0 Å². The Morgan fingerprint density at radius 1 is 1.25 bits per heavy atom. The van der Waals surface area contributed by atoms with E-state index in [1.165, 1.54) is 7.11 Å². The number of nitrogens with one attached hydrogen (secondary N) is 1. The zero-order chi connectivity index (χ0) is 15.1. The van der Waals surface area contributed by atoms with Gasteiger partial charge in [0.2, 0.25) is 0 Å². The first kappa shape index (κ1) is 16.2. The first-order valence-corrected chi connectivity index (χ1v) is 6.82. The highest BCUT2D eigenvalue weighted by molar-refractivity contribution is 5.96. The van der Waals surface area contributed by atoms with E-state index in [0.717, 1.165) is 30.7 Å². The summed E-state index contributed by atoms with van der Waals surface area (Å²) in [5.74, 6) is -0.267. The summed E-state index contributed by atoms with van der Waals surface area (Å²) in [5.41, 5.74) is 2.26. The van der Waals surface area contributed by atoms with Gasteiger partial charge in [0.1, 0.15) is 0 Å². The molecule has 0 bridgehead atoms. The standard InChI is InChI=1S/C14H23N3O3/c1-10-13(11(2)17(3)16-10)14(19)15-9-7-5-6-8-12(18)20-4/h5-9H2,1-4H3,(H,15,19). The molecule has 1 heterocycles. The average molecular weight is 281 g/mol. The van der Waals surface area contributed by atoms with Crippen LogP contribution in [0.4, 0.5) is 0 Å². The quantitative estimate of drug-likeness (QED) is 0.607. The summed E-state index contributed by atoms with van der Waals surface area (Å²) in [4.78, 5) is 23.0. The molecule has 1 amide bonds. The molecule has 1 rings (SSSR count). The van der Waals surface area contributed by atoms with Gasteiger partial charge in [0, 0.05) is 25.7 Å². The third-order valence-electron chi connectivity index (χ3n) is 3.31. The van der Waals surface area contributed by atoms with E-state index >= 15 is 0 Å². The molecule has 6 heteroatoms. The van der Waals surface area contributed by atoms with E-state index in [0.29, 0.717) is 18.5 Å². The second kappa shape index (κ2) is 7.67. The molecule has 0 saturated heterocycles. The summed E-state index contributed by atoms with van der Waals surface area (Å²) in [6, 6.07) is 0. The van der Waals surface area contributed by atoms with Gasteiger partial charge in [-0.25, -0.2) is 0 Å². The SMILES string of the molecule is COC(=O)CCCCCNC(=O)c1c(C)nn(C)c1C. The maximum Gasteiger partial charge on any atom is 0.305 e. The van der Waals surface area contributed by atoms with Crippen LogP contribution in [0.5, 0.6) is 0 Å². The highest BCUT2D eigenvalue weighted by atomic mass is 16.5. The van der Waals surface area contributed by atoms with E-state index in [1.54, 1.807) is 4.68 Å². The topological polar surface area (TPSA) is 73.2 Å². The third-order valence-corrected chi connectivity index (χ3v) is 3.31. The van der Waals surface area contributed by atoms with E-state index in [-0.39, 0.29) is 11.9 Å². The van der Waals surface area contributed by atoms with Gasteiger partial charge >= 0.3 is 5.97 Å². The lowest BCUT2D eigenvalue weighted by Gasteiger charge is -2.05. The largest absolute Gasteiger partial charge is 0.469 e. The van der Waals surface area contributed by atoms with Gasteiger partial charge in [-0.3, -0.25) is 14.3 Å². The Kier molecular flexibility index (Phi) is 6.21. The molecule has 6 nitrogen and oxygen atoms in total. The summed E-state index contributed by atoms with van der Waals surface area (Å²) in [6.07, 6.45) is 2.96. The molecule has 0 fully saturated rings. The molecule has 0 unspecified atom stereocenters. The second-order valence-corrected chi connectivity index (χ2v) is 4.81. The van der Waals surface area contributed by atoms with Gasteiger partial charge in [0.05, 0.1) is 18.4 Å². The van der Waals surface area contributed by atoms with Crippen molar-refractivity contribution < 1.29 is 14.3 Å². The molecule has 1 aromatic heterocycles. The molecular formula is C14H23N3O3. The van der Waals surface area contributed by atoms with Crippen LogP contribution >= 0.6 is 0 Å². The molecule has 0 aromatic carbocycles. The molecule has 0 aliphatic rings. The number of amides is 1. The number of aryl methyl sites for hydroxylation is 2. The number of carbonyl (C=O) groups excluding carboxylic acids is 2. The Labute approximate surface area is 119 Å². The zero-order valence-corrected chi connectivity index (χ0v) is 12.7. The number of nitrogens with zero attached hydrogens (tertiary/aromatic N) is 2. The van der Waals surface area contributed by atoms with Crippen molar-refractivity contribution in [2.45, 2.75) is 39.5 Å². The van der Waals surface area contributed by atoms with E-state index in [4.69, 9.17) is 0 Å². The van der Waals surface area contributed by atoms with Gasteiger partial charge in [-0.05, 0) is 26.7 Å². The fourth-order valence-electron chi connectivity index (χ4n) is 2.07. The summed E-state index contributed by atoms with van der Waals surface area (Å²) in [5, 5.41) is 7.11. The minimum Gasteiger partial charge on any atom is -0.469 e. The van der Waals surface area contributed by atoms with Crippen LogP contribution in [0.1, 0.15) is 47.4 Å². The summed E-state index contributed by atoms with van der Waals surface area (Å²) in [6.45, 7) is 4.32. The van der Waals surface area contributed by atoms with E-state index in [9.17, 15) is 9.59 Å². The molecular weight excluding hydrogens is 258 g/mol. The van der Waals surface area contributed by atoms with E-state index in [2.05, 4.69) is 15.2 Å². The summed E-state index contributed by atoms with van der Waals surface area (Å²) >= 11 is 0. The number of unbranched alkanes of at least 4 members (excludes halogenated alkanes) is 2. The number of rotatable bonds is 7. The van der Waals surface area contributed by atoms with Crippen LogP contribution in [-0.2, 0) is 16.6 Å². The minimum absolute atomic E-state index is 0.0823. The normalized spacial score (nSPS) is 10.4. The Morgan fingerprint density at radius 2 is 1.95 bits per heavy atom. The van der Waals surface area contributed by atoms with Crippen LogP contribution in [-0.4, -0.2) is 35.3 Å². The first-order chi connectivity index (χ1) is 9.47. The highest BCUT2D eigenvalue weighted by Crippen LogP contribution is 2.11. The summed E-state index contributed by atoms with van der Waals surface area (Å²) in [7, 11) is 3.22. The predicted octanol–water partition coefficient (Wildman–Crippen LogP) is 1.50. The summed E-state index contributed by atoms with van der Waals surface area (Å²) < 4.78 is 6.27. The van der Waals surface area contributed by atoms with Crippen LogP contribution in [0.3, 0.4) is 0 Å². The molecule has 0 saturated carbocycles. The van der Waals surface area contributed by atoms with Crippen molar-refractivity contribution in [1.82, 2.24) is 15.1 Å². The van der Waals surface area contributed by atoms with Crippen molar-refractivity contribution in [2.75, 3.05) is 13.7 Å². The van der Waals surface area contributed by atoms with Gasteiger partial charge < -0.3 is 10.1 Å².